The molecule has 0 aliphatic carbocycles. The van der Waals surface area contributed by atoms with Crippen molar-refractivity contribution < 1.29 is 19.8 Å². The Balaban J connectivity index is 0.000000251. The second-order valence-electron chi connectivity index (χ2n) is 4.68. The van der Waals surface area contributed by atoms with E-state index in [4.69, 9.17) is 21.8 Å². The van der Waals surface area contributed by atoms with E-state index in [9.17, 15) is 9.59 Å². The van der Waals surface area contributed by atoms with Crippen molar-refractivity contribution >= 4 is 35.7 Å². The second-order valence-corrected chi connectivity index (χ2v) is 5.08. The van der Waals surface area contributed by atoms with Gasteiger partial charge in [-0.15, -0.1) is 0 Å². The van der Waals surface area contributed by atoms with E-state index in [-0.39, 0.29) is 5.03 Å². The SMILES string of the molecule is O=C(O)C(Cl)=Cc1ccccc1.O=C(O)C=CC=Cc1ccccc1. The maximum absolute atomic E-state index is 10.3. The van der Waals surface area contributed by atoms with Crippen molar-refractivity contribution in [3.63, 3.8) is 0 Å². The predicted molar refractivity (Wildman–Crippen MR) is 100 cm³/mol. The van der Waals surface area contributed by atoms with Gasteiger partial charge in [-0.1, -0.05) is 90.5 Å². The average Bonchev–Trinajstić information content (AvgIpc) is 2.61. The van der Waals surface area contributed by atoms with Gasteiger partial charge in [0, 0.05) is 6.08 Å². The molecule has 2 aromatic rings. The van der Waals surface area contributed by atoms with E-state index < -0.39 is 11.9 Å². The second kappa shape index (κ2) is 11.4. The number of carboxylic acid groups (broad SMARTS) is 2. The molecule has 2 N–H and O–H groups in total. The van der Waals surface area contributed by atoms with E-state index in [1.807, 2.05) is 54.6 Å². The fraction of sp³-hybridized carbons (Fsp3) is 0. The van der Waals surface area contributed by atoms with E-state index in [1.54, 1.807) is 18.2 Å². The standard InChI is InChI=1S/C11H10O2.C9H7ClO2/c12-11(13)9-5-4-8-10-6-2-1-3-7-10;10-8(9(11)12)6-7-4-2-1-3-5-7/h1-9H,(H,12,13);1-6H,(H,11,12). The van der Waals surface area contributed by atoms with Crippen molar-refractivity contribution in [3.8, 4) is 0 Å². The molecule has 5 heteroatoms. The highest BCUT2D eigenvalue weighted by molar-refractivity contribution is 6.42. The van der Waals surface area contributed by atoms with Crippen molar-refractivity contribution in [3.05, 3.63) is 95.1 Å². The minimum absolute atomic E-state index is 0.179. The van der Waals surface area contributed by atoms with E-state index >= 15 is 0 Å². The van der Waals surface area contributed by atoms with Gasteiger partial charge >= 0.3 is 11.9 Å². The van der Waals surface area contributed by atoms with Crippen LogP contribution in [-0.4, -0.2) is 22.2 Å². The average molecular weight is 357 g/mol. The molecule has 128 valence electrons. The number of benzene rings is 2. The number of aliphatic carboxylic acids is 2. The monoisotopic (exact) mass is 356 g/mol. The van der Waals surface area contributed by atoms with Gasteiger partial charge in [0.05, 0.1) is 0 Å². The summed E-state index contributed by atoms with van der Waals surface area (Å²) in [5, 5.41) is 16.6. The van der Waals surface area contributed by atoms with Gasteiger partial charge in [0.25, 0.3) is 0 Å². The van der Waals surface area contributed by atoms with Crippen LogP contribution in [0.5, 0.6) is 0 Å². The summed E-state index contributed by atoms with van der Waals surface area (Å²) in [4.78, 5) is 20.4. The molecule has 0 atom stereocenters. The summed E-state index contributed by atoms with van der Waals surface area (Å²) in [6, 6.07) is 18.8. The third kappa shape index (κ3) is 9.58. The first-order valence-corrected chi connectivity index (χ1v) is 7.65. The van der Waals surface area contributed by atoms with Crippen LogP contribution in [0.15, 0.2) is 83.9 Å². The van der Waals surface area contributed by atoms with E-state index in [0.717, 1.165) is 17.2 Å². The van der Waals surface area contributed by atoms with Crippen LogP contribution in [0.25, 0.3) is 12.2 Å². The van der Waals surface area contributed by atoms with Gasteiger partial charge in [0.1, 0.15) is 5.03 Å². The summed E-state index contributed by atoms with van der Waals surface area (Å²) in [6.07, 6.45) is 7.54. The zero-order chi connectivity index (χ0) is 18.5. The number of hydrogen-bond donors (Lipinski definition) is 2. The molecule has 0 aliphatic rings. The lowest BCUT2D eigenvalue weighted by Gasteiger charge is -1.91. The van der Waals surface area contributed by atoms with Crippen LogP contribution in [0, 0.1) is 0 Å². The number of rotatable bonds is 5. The van der Waals surface area contributed by atoms with E-state index in [2.05, 4.69) is 0 Å². The Kier molecular flexibility index (Phi) is 9.11. The molecule has 0 aromatic heterocycles. The molecule has 0 fully saturated rings. The minimum Gasteiger partial charge on any atom is -0.478 e. The number of hydrogen-bond acceptors (Lipinski definition) is 2. The summed E-state index contributed by atoms with van der Waals surface area (Å²) in [5.41, 5.74) is 1.84. The van der Waals surface area contributed by atoms with Crippen LogP contribution in [0.3, 0.4) is 0 Å². The summed E-state index contributed by atoms with van der Waals surface area (Å²) >= 11 is 5.41. The molecule has 0 radical (unpaired) electrons. The van der Waals surface area contributed by atoms with E-state index in [0.29, 0.717) is 0 Å². The Morgan fingerprint density at radius 1 is 0.800 bits per heavy atom. The molecule has 4 nitrogen and oxygen atoms in total. The highest BCUT2D eigenvalue weighted by Crippen LogP contribution is 2.09. The van der Waals surface area contributed by atoms with Gasteiger partial charge in [0.2, 0.25) is 0 Å². The lowest BCUT2D eigenvalue weighted by Crippen LogP contribution is -1.92. The number of carbonyl (C=O) groups is 2. The zero-order valence-electron chi connectivity index (χ0n) is 13.2. The summed E-state index contributed by atoms with van der Waals surface area (Å²) in [5.74, 6) is -2.04. The third-order valence-electron chi connectivity index (χ3n) is 2.74. The smallest absolute Gasteiger partial charge is 0.347 e. The van der Waals surface area contributed by atoms with Crippen molar-refractivity contribution in [2.45, 2.75) is 0 Å². The van der Waals surface area contributed by atoms with Gasteiger partial charge in [-0.05, 0) is 17.2 Å². The molecule has 2 rings (SSSR count). The van der Waals surface area contributed by atoms with Crippen LogP contribution >= 0.6 is 11.6 Å². The lowest BCUT2D eigenvalue weighted by atomic mass is 10.2. The summed E-state index contributed by atoms with van der Waals surface area (Å²) in [7, 11) is 0. The van der Waals surface area contributed by atoms with Crippen LogP contribution < -0.4 is 0 Å². The molecule has 0 heterocycles. The first kappa shape index (κ1) is 19.9. The van der Waals surface area contributed by atoms with E-state index in [1.165, 1.54) is 12.2 Å². The molecular formula is C20H17ClO4. The van der Waals surface area contributed by atoms with Gasteiger partial charge in [-0.25, -0.2) is 9.59 Å². The number of allylic oxidation sites excluding steroid dienone is 2. The molecule has 0 spiro atoms. The van der Waals surface area contributed by atoms with Crippen LogP contribution in [0.2, 0.25) is 0 Å². The van der Waals surface area contributed by atoms with Crippen molar-refractivity contribution in [1.29, 1.82) is 0 Å². The van der Waals surface area contributed by atoms with Crippen molar-refractivity contribution in [2.75, 3.05) is 0 Å². The lowest BCUT2D eigenvalue weighted by molar-refractivity contribution is -0.132. The molecule has 25 heavy (non-hydrogen) atoms. The van der Waals surface area contributed by atoms with Crippen LogP contribution in [0.4, 0.5) is 0 Å². The Hall–Kier alpha value is -3.11. The van der Waals surface area contributed by atoms with Crippen molar-refractivity contribution in [1.82, 2.24) is 0 Å². The van der Waals surface area contributed by atoms with Crippen molar-refractivity contribution in [2.24, 2.45) is 0 Å². The van der Waals surface area contributed by atoms with Gasteiger partial charge in [-0.2, -0.15) is 0 Å². The predicted octanol–water partition coefficient (Wildman–Crippen LogP) is 4.69. The number of carboxylic acids is 2. The molecule has 0 aliphatic heterocycles. The normalized spacial score (nSPS) is 11.2. The molecule has 0 unspecified atom stereocenters. The molecule has 2 aromatic carbocycles. The molecule has 0 bridgehead atoms. The van der Waals surface area contributed by atoms with Gasteiger partial charge in [0.15, 0.2) is 0 Å². The summed E-state index contributed by atoms with van der Waals surface area (Å²) in [6.45, 7) is 0. The number of halogens is 1. The first-order valence-electron chi connectivity index (χ1n) is 7.27. The van der Waals surface area contributed by atoms with Gasteiger partial charge < -0.3 is 10.2 Å². The highest BCUT2D eigenvalue weighted by atomic mass is 35.5. The molecule has 0 amide bonds. The molecule has 0 saturated carbocycles. The minimum atomic E-state index is -1.11. The fourth-order valence-corrected chi connectivity index (χ4v) is 1.75. The molecule has 0 saturated heterocycles. The quantitative estimate of drug-likeness (QED) is 0.602. The Morgan fingerprint density at radius 3 is 1.80 bits per heavy atom. The van der Waals surface area contributed by atoms with Crippen LogP contribution in [0.1, 0.15) is 11.1 Å². The highest BCUT2D eigenvalue weighted by Gasteiger charge is 2.01. The largest absolute Gasteiger partial charge is 0.478 e. The summed E-state index contributed by atoms with van der Waals surface area (Å²) < 4.78 is 0. The first-order chi connectivity index (χ1) is 12.0. The van der Waals surface area contributed by atoms with Crippen LogP contribution in [-0.2, 0) is 9.59 Å². The zero-order valence-corrected chi connectivity index (χ0v) is 14.0. The Bertz CT molecular complexity index is 763. The Labute approximate surface area is 151 Å². The molecular weight excluding hydrogens is 340 g/mol. The third-order valence-corrected chi connectivity index (χ3v) is 3.01. The maximum Gasteiger partial charge on any atom is 0.347 e. The van der Waals surface area contributed by atoms with Gasteiger partial charge in [-0.3, -0.25) is 0 Å². The Morgan fingerprint density at radius 2 is 1.32 bits per heavy atom. The maximum atomic E-state index is 10.3. The fourth-order valence-electron chi connectivity index (χ4n) is 1.63. The topological polar surface area (TPSA) is 74.6 Å².